The van der Waals surface area contributed by atoms with Crippen LogP contribution in [0, 0.1) is 55.2 Å². The maximum absolute atomic E-state index is 13.8. The van der Waals surface area contributed by atoms with Crippen molar-refractivity contribution in [2.24, 2.45) is 0 Å². The first-order valence-corrected chi connectivity index (χ1v) is 6.28. The van der Waals surface area contributed by atoms with E-state index in [1.807, 2.05) is 43.3 Å². The minimum Gasteiger partial charge on any atom is -0.358 e. The van der Waals surface area contributed by atoms with Gasteiger partial charge in [-0.2, -0.15) is 0 Å². The van der Waals surface area contributed by atoms with Crippen LogP contribution in [0.4, 0.5) is 8.78 Å². The molecule has 0 N–H and O–H groups in total. The van der Waals surface area contributed by atoms with E-state index in [1.54, 1.807) is 12.1 Å². The molecule has 3 heteroatoms. The predicted molar refractivity (Wildman–Crippen MR) is 88.9 cm³/mol. The van der Waals surface area contributed by atoms with Gasteiger partial charge in [-0.15, -0.1) is 0 Å². The first-order chi connectivity index (χ1) is 8.98. The van der Waals surface area contributed by atoms with Crippen molar-refractivity contribution in [3.63, 3.8) is 0 Å². The van der Waals surface area contributed by atoms with Crippen LogP contribution in [-0.2, 0) is 5.92 Å². The van der Waals surface area contributed by atoms with Crippen LogP contribution in [0.25, 0.3) is 21.5 Å². The average Bonchev–Trinajstić information content (AvgIpc) is 2.37. The monoisotopic (exact) mass is 429 g/mol. The van der Waals surface area contributed by atoms with E-state index in [0.717, 1.165) is 28.6 Å². The molecule has 0 radical (unpaired) electrons. The third-order valence-corrected chi connectivity index (χ3v) is 3.60. The summed E-state index contributed by atoms with van der Waals surface area (Å²) in [5.74, 6) is -2.84. The fourth-order valence-corrected chi connectivity index (χ4v) is 2.64. The van der Waals surface area contributed by atoms with Crippen molar-refractivity contribution in [3.8, 4) is 0 Å². The van der Waals surface area contributed by atoms with Crippen LogP contribution in [0.1, 0.15) is 25.5 Å². The molecule has 0 aromatic heterocycles. The van der Waals surface area contributed by atoms with Crippen LogP contribution in [0.2, 0.25) is 0 Å². The van der Waals surface area contributed by atoms with Crippen LogP contribution in [-0.4, -0.2) is 0 Å². The van der Waals surface area contributed by atoms with Gasteiger partial charge in [0, 0.05) is 53.3 Å². The van der Waals surface area contributed by atoms with E-state index in [4.69, 9.17) is 0 Å². The first kappa shape index (κ1) is 21.4. The summed E-state index contributed by atoms with van der Waals surface area (Å²) in [6.07, 6.45) is 0. The van der Waals surface area contributed by atoms with E-state index < -0.39 is 5.92 Å². The largest absolute Gasteiger partial charge is 0.358 e. The Hall–Kier alpha value is -0.609. The molecule has 0 fully saturated rings. The van der Waals surface area contributed by atoms with Gasteiger partial charge < -0.3 is 7.43 Å². The van der Waals surface area contributed by atoms with Crippen LogP contribution in [0.5, 0.6) is 0 Å². The fraction of sp³-hybridized carbons (Fsp3) is 0.211. The molecule has 0 heterocycles. The second-order valence-electron chi connectivity index (χ2n) is 5.03. The Kier molecular flexibility index (Phi) is 7.57. The first-order valence-electron chi connectivity index (χ1n) is 6.28. The Morgan fingerprint density at radius 1 is 0.864 bits per heavy atom. The second kappa shape index (κ2) is 7.78. The van der Waals surface area contributed by atoms with Crippen LogP contribution in [0.15, 0.2) is 48.5 Å². The number of hydrogen-bond acceptors (Lipinski definition) is 0. The Morgan fingerprint density at radius 3 is 2.14 bits per heavy atom. The van der Waals surface area contributed by atoms with Gasteiger partial charge in [-0.1, -0.05) is 56.0 Å². The summed E-state index contributed by atoms with van der Waals surface area (Å²) in [4.78, 5) is 0. The summed E-state index contributed by atoms with van der Waals surface area (Å²) >= 11 is 0. The van der Waals surface area contributed by atoms with Gasteiger partial charge in [0.15, 0.2) is 0 Å². The molecular weight excluding hydrogens is 410 g/mol. The van der Waals surface area contributed by atoms with Gasteiger partial charge in [-0.05, 0) is 34.0 Å². The molecule has 0 atom stereocenters. The van der Waals surface area contributed by atoms with Crippen molar-refractivity contribution in [2.45, 2.75) is 27.2 Å². The predicted octanol–water partition coefficient (Wildman–Crippen LogP) is 6.50. The molecule has 3 aromatic rings. The van der Waals surface area contributed by atoms with Crippen molar-refractivity contribution in [2.75, 3.05) is 0 Å². The van der Waals surface area contributed by atoms with Gasteiger partial charge in [0.25, 0.3) is 5.92 Å². The normalized spacial score (nSPS) is 10.5. The number of benzene rings is 3. The Bertz CT molecular complexity index is 773. The number of hydrogen-bond donors (Lipinski definition) is 0. The Morgan fingerprint density at radius 2 is 1.50 bits per heavy atom. The molecule has 3 rings (SSSR count). The number of fused-ring (bicyclic) bond motifs is 3. The molecule has 0 saturated carbocycles. The molecule has 116 valence electrons. The summed E-state index contributed by atoms with van der Waals surface area (Å²) in [7, 11) is 0. The SMILES string of the molecule is C.Cc1ccc(C(C)(F)F)c2c1ccc1ccccc12.[CH3-].[Nd]. The zero-order chi connectivity index (χ0) is 13.6. The molecule has 0 spiro atoms. The zero-order valence-electron chi connectivity index (χ0n) is 12.4. The van der Waals surface area contributed by atoms with Gasteiger partial charge in [0.05, 0.1) is 0 Å². The summed E-state index contributed by atoms with van der Waals surface area (Å²) < 4.78 is 27.7. The number of alkyl halides is 2. The summed E-state index contributed by atoms with van der Waals surface area (Å²) in [5.41, 5.74) is 1.12. The van der Waals surface area contributed by atoms with Crippen LogP contribution < -0.4 is 0 Å². The minimum atomic E-state index is -2.84. The van der Waals surface area contributed by atoms with Crippen molar-refractivity contribution in [3.05, 3.63) is 67.1 Å². The van der Waals surface area contributed by atoms with Gasteiger partial charge in [0.1, 0.15) is 0 Å². The molecule has 22 heavy (non-hydrogen) atoms. The molecule has 0 aliphatic carbocycles. The standard InChI is InChI=1S/C17H14F2.CH4.CH3.Nd/c1-11-7-10-15(17(2,18)19)16-13(11)9-8-12-5-3-4-6-14(12)16;;;/h3-10H,1-2H3;1H4;1H3;/q;;-1;. The molecule has 3 aromatic carbocycles. The smallest absolute Gasteiger partial charge is 0.271 e. The van der Waals surface area contributed by atoms with Gasteiger partial charge in [-0.25, -0.2) is 8.78 Å². The molecule has 0 aliphatic rings. The van der Waals surface area contributed by atoms with Crippen molar-refractivity contribution >= 4 is 21.5 Å². The van der Waals surface area contributed by atoms with Crippen molar-refractivity contribution in [1.82, 2.24) is 0 Å². The molecule has 0 amide bonds. The Labute approximate surface area is 164 Å². The van der Waals surface area contributed by atoms with E-state index in [0.29, 0.717) is 5.39 Å². The summed E-state index contributed by atoms with van der Waals surface area (Å²) in [5, 5.41) is 3.45. The number of halogens is 2. The second-order valence-corrected chi connectivity index (χ2v) is 5.03. The van der Waals surface area contributed by atoms with Crippen LogP contribution >= 0.6 is 0 Å². The Balaban J connectivity index is 0.00000147. The summed E-state index contributed by atoms with van der Waals surface area (Å²) in [6, 6.07) is 14.9. The van der Waals surface area contributed by atoms with Gasteiger partial charge in [0.2, 0.25) is 0 Å². The molecule has 0 nitrogen and oxygen atoms in total. The quantitative estimate of drug-likeness (QED) is 0.305. The minimum absolute atomic E-state index is 0. The van der Waals surface area contributed by atoms with E-state index in [2.05, 4.69) is 0 Å². The van der Waals surface area contributed by atoms with E-state index in [9.17, 15) is 8.78 Å². The molecule has 0 saturated heterocycles. The summed E-state index contributed by atoms with van der Waals surface area (Å²) in [6.45, 7) is 2.91. The average molecular weight is 432 g/mol. The molecule has 0 bridgehead atoms. The van der Waals surface area contributed by atoms with Gasteiger partial charge >= 0.3 is 0 Å². The maximum atomic E-state index is 13.8. The third kappa shape index (κ3) is 3.65. The van der Waals surface area contributed by atoms with E-state index in [1.165, 1.54) is 0 Å². The third-order valence-electron chi connectivity index (χ3n) is 3.60. The number of aryl methyl sites for hydroxylation is 1. The van der Waals surface area contributed by atoms with Crippen LogP contribution in [0.3, 0.4) is 0 Å². The molecular formula is C19H21F2Nd-. The zero-order valence-corrected chi connectivity index (χ0v) is 15.6. The van der Waals surface area contributed by atoms with E-state index in [-0.39, 0.29) is 61.3 Å². The fourth-order valence-electron chi connectivity index (χ4n) is 2.64. The maximum Gasteiger partial charge on any atom is 0.271 e. The van der Waals surface area contributed by atoms with E-state index >= 15 is 0 Å². The van der Waals surface area contributed by atoms with Gasteiger partial charge in [-0.3, -0.25) is 0 Å². The van der Waals surface area contributed by atoms with Crippen molar-refractivity contribution < 1.29 is 49.6 Å². The molecule has 0 aliphatic heterocycles. The van der Waals surface area contributed by atoms with Crippen molar-refractivity contribution in [1.29, 1.82) is 0 Å². The molecule has 0 unspecified atom stereocenters. The number of rotatable bonds is 1. The topological polar surface area (TPSA) is 0 Å².